The van der Waals surface area contributed by atoms with Crippen LogP contribution in [-0.4, -0.2) is 49.5 Å². The van der Waals surface area contributed by atoms with E-state index in [1.165, 1.54) is 4.90 Å². The number of halogens is 2. The largest absolute Gasteiger partial charge is 0.355 e. The number of guanidine groups is 1. The molecule has 3 N–H and O–H groups in total. The second kappa shape index (κ2) is 9.56. The Bertz CT molecular complexity index is 580. The fourth-order valence-electron chi connectivity index (χ4n) is 2.02. The smallest absolute Gasteiger partial charge is 0.324 e. The maximum Gasteiger partial charge on any atom is 0.324 e. The number of hydrogen-bond donors (Lipinski definition) is 3. The van der Waals surface area contributed by atoms with E-state index in [1.54, 1.807) is 7.05 Å². The zero-order valence-electron chi connectivity index (χ0n) is 12.6. The molecule has 1 aliphatic heterocycles. The van der Waals surface area contributed by atoms with Crippen LogP contribution in [0.3, 0.4) is 0 Å². The SMILES string of the molecule is CN=C(NCCN1C(=O)CNC1=O)NCc1cccc(Cl)c1.I. The van der Waals surface area contributed by atoms with E-state index >= 15 is 0 Å². The molecule has 23 heavy (non-hydrogen) atoms. The molecule has 0 spiro atoms. The molecule has 9 heteroatoms. The molecule has 0 radical (unpaired) electrons. The minimum absolute atomic E-state index is 0. The minimum Gasteiger partial charge on any atom is -0.355 e. The molecule has 1 saturated heterocycles. The summed E-state index contributed by atoms with van der Waals surface area (Å²) >= 11 is 5.93. The topological polar surface area (TPSA) is 85.8 Å². The maximum atomic E-state index is 11.4. The lowest BCUT2D eigenvalue weighted by atomic mass is 10.2. The Balaban J connectivity index is 0.00000264. The number of rotatable bonds is 5. The summed E-state index contributed by atoms with van der Waals surface area (Å²) in [7, 11) is 1.65. The molecule has 1 aliphatic rings. The van der Waals surface area contributed by atoms with Crippen molar-refractivity contribution in [1.29, 1.82) is 0 Å². The van der Waals surface area contributed by atoms with E-state index in [-0.39, 0.29) is 42.5 Å². The van der Waals surface area contributed by atoms with Gasteiger partial charge in [0, 0.05) is 31.7 Å². The third-order valence-electron chi connectivity index (χ3n) is 3.14. The summed E-state index contributed by atoms with van der Waals surface area (Å²) in [4.78, 5) is 28.1. The van der Waals surface area contributed by atoms with Gasteiger partial charge in [0.2, 0.25) is 5.91 Å². The molecule has 1 aromatic rings. The van der Waals surface area contributed by atoms with Gasteiger partial charge in [-0.25, -0.2) is 4.79 Å². The van der Waals surface area contributed by atoms with Crippen molar-refractivity contribution in [1.82, 2.24) is 20.9 Å². The highest BCUT2D eigenvalue weighted by molar-refractivity contribution is 14.0. The first kappa shape index (κ1) is 19.5. The van der Waals surface area contributed by atoms with Crippen LogP contribution in [0, 0.1) is 0 Å². The van der Waals surface area contributed by atoms with Crippen LogP contribution in [0.15, 0.2) is 29.3 Å². The Morgan fingerprint density at radius 3 is 2.78 bits per heavy atom. The standard InChI is InChI=1S/C14H18ClN5O2.HI/c1-16-13(18-8-10-3-2-4-11(15)7-10)17-5-6-20-12(21)9-19-14(20)22;/h2-4,7H,5-6,8-9H2,1H3,(H,19,22)(H2,16,17,18);1H. The summed E-state index contributed by atoms with van der Waals surface area (Å²) in [5, 5.41) is 9.35. The Morgan fingerprint density at radius 2 is 2.17 bits per heavy atom. The average Bonchev–Trinajstić information content (AvgIpc) is 2.82. The third-order valence-corrected chi connectivity index (χ3v) is 3.37. The van der Waals surface area contributed by atoms with Gasteiger partial charge in [0.15, 0.2) is 5.96 Å². The summed E-state index contributed by atoms with van der Waals surface area (Å²) in [6, 6.07) is 7.17. The van der Waals surface area contributed by atoms with Crippen molar-refractivity contribution in [3.63, 3.8) is 0 Å². The van der Waals surface area contributed by atoms with Crippen LogP contribution < -0.4 is 16.0 Å². The van der Waals surface area contributed by atoms with Gasteiger partial charge >= 0.3 is 6.03 Å². The Labute approximate surface area is 156 Å². The lowest BCUT2D eigenvalue weighted by Gasteiger charge is -2.15. The predicted octanol–water partition coefficient (Wildman–Crippen LogP) is 1.17. The third kappa shape index (κ3) is 5.87. The normalized spacial score (nSPS) is 14.3. The second-order valence-electron chi connectivity index (χ2n) is 4.69. The molecule has 1 heterocycles. The molecule has 0 atom stereocenters. The van der Waals surface area contributed by atoms with Crippen molar-refractivity contribution < 1.29 is 9.59 Å². The maximum absolute atomic E-state index is 11.4. The number of carbonyl (C=O) groups excluding carboxylic acids is 2. The fraction of sp³-hybridized carbons (Fsp3) is 0.357. The quantitative estimate of drug-likeness (QED) is 0.272. The molecule has 0 bridgehead atoms. The molecule has 2 rings (SSSR count). The number of carbonyl (C=O) groups is 2. The van der Waals surface area contributed by atoms with E-state index < -0.39 is 0 Å². The van der Waals surface area contributed by atoms with Crippen LogP contribution in [0.5, 0.6) is 0 Å². The van der Waals surface area contributed by atoms with Gasteiger partial charge in [-0.05, 0) is 17.7 Å². The van der Waals surface area contributed by atoms with Crippen molar-refractivity contribution >= 4 is 53.5 Å². The van der Waals surface area contributed by atoms with Gasteiger partial charge in [-0.1, -0.05) is 23.7 Å². The summed E-state index contributed by atoms with van der Waals surface area (Å²) < 4.78 is 0. The zero-order valence-corrected chi connectivity index (χ0v) is 15.7. The summed E-state index contributed by atoms with van der Waals surface area (Å²) in [5.74, 6) is 0.376. The molecule has 7 nitrogen and oxygen atoms in total. The van der Waals surface area contributed by atoms with E-state index in [0.717, 1.165) is 5.56 Å². The van der Waals surface area contributed by atoms with E-state index in [2.05, 4.69) is 20.9 Å². The van der Waals surface area contributed by atoms with Crippen LogP contribution in [0.1, 0.15) is 5.56 Å². The number of nitrogens with one attached hydrogen (secondary N) is 3. The van der Waals surface area contributed by atoms with E-state index in [9.17, 15) is 9.59 Å². The highest BCUT2D eigenvalue weighted by atomic mass is 127. The molecule has 126 valence electrons. The van der Waals surface area contributed by atoms with Crippen LogP contribution in [-0.2, 0) is 11.3 Å². The van der Waals surface area contributed by atoms with E-state index in [4.69, 9.17) is 11.6 Å². The molecular weight excluding hydrogens is 433 g/mol. The minimum atomic E-state index is -0.353. The molecule has 1 aromatic carbocycles. The fourth-order valence-corrected chi connectivity index (χ4v) is 2.23. The number of imide groups is 1. The summed E-state index contributed by atoms with van der Waals surface area (Å²) in [5.41, 5.74) is 1.03. The lowest BCUT2D eigenvalue weighted by Crippen LogP contribution is -2.43. The number of aliphatic imine (C=N–C) groups is 1. The van der Waals surface area contributed by atoms with Gasteiger partial charge in [-0.2, -0.15) is 0 Å². The first-order chi connectivity index (χ1) is 10.6. The monoisotopic (exact) mass is 451 g/mol. The Hall–Kier alpha value is -1.55. The van der Waals surface area contributed by atoms with Crippen molar-refractivity contribution in [3.8, 4) is 0 Å². The van der Waals surface area contributed by atoms with Crippen LogP contribution in [0.25, 0.3) is 0 Å². The van der Waals surface area contributed by atoms with Crippen LogP contribution in [0.2, 0.25) is 5.02 Å². The van der Waals surface area contributed by atoms with Gasteiger partial charge in [0.05, 0.1) is 6.54 Å². The summed E-state index contributed by atoms with van der Waals surface area (Å²) in [6.45, 7) is 1.36. The number of benzene rings is 1. The zero-order chi connectivity index (χ0) is 15.9. The molecule has 0 aliphatic carbocycles. The van der Waals surface area contributed by atoms with Gasteiger partial charge in [0.25, 0.3) is 0 Å². The number of nitrogens with zero attached hydrogens (tertiary/aromatic N) is 2. The van der Waals surface area contributed by atoms with Gasteiger partial charge < -0.3 is 16.0 Å². The molecule has 1 fully saturated rings. The van der Waals surface area contributed by atoms with Gasteiger partial charge in [-0.3, -0.25) is 14.7 Å². The van der Waals surface area contributed by atoms with Gasteiger partial charge in [-0.15, -0.1) is 24.0 Å². The Kier molecular flexibility index (Phi) is 8.10. The highest BCUT2D eigenvalue weighted by Gasteiger charge is 2.27. The molecule has 0 unspecified atom stereocenters. The highest BCUT2D eigenvalue weighted by Crippen LogP contribution is 2.10. The van der Waals surface area contributed by atoms with Crippen LogP contribution >= 0.6 is 35.6 Å². The first-order valence-electron chi connectivity index (χ1n) is 6.87. The molecule has 0 aromatic heterocycles. The number of hydrogen-bond acceptors (Lipinski definition) is 3. The van der Waals surface area contributed by atoms with Crippen molar-refractivity contribution in [2.45, 2.75) is 6.54 Å². The molecular formula is C14H19ClIN5O2. The molecule has 3 amide bonds. The van der Waals surface area contributed by atoms with Crippen molar-refractivity contribution in [3.05, 3.63) is 34.9 Å². The number of amides is 3. The Morgan fingerprint density at radius 1 is 1.39 bits per heavy atom. The first-order valence-corrected chi connectivity index (χ1v) is 7.25. The average molecular weight is 452 g/mol. The van der Waals surface area contributed by atoms with Crippen LogP contribution in [0.4, 0.5) is 4.79 Å². The summed E-state index contributed by atoms with van der Waals surface area (Å²) in [6.07, 6.45) is 0. The number of urea groups is 1. The second-order valence-corrected chi connectivity index (χ2v) is 5.12. The van der Waals surface area contributed by atoms with E-state index in [1.807, 2.05) is 24.3 Å². The molecule has 0 saturated carbocycles. The van der Waals surface area contributed by atoms with E-state index in [0.29, 0.717) is 30.6 Å². The van der Waals surface area contributed by atoms with Gasteiger partial charge in [0.1, 0.15) is 0 Å². The van der Waals surface area contributed by atoms with Crippen molar-refractivity contribution in [2.24, 2.45) is 4.99 Å². The predicted molar refractivity (Wildman–Crippen MR) is 100 cm³/mol. The lowest BCUT2D eigenvalue weighted by molar-refractivity contribution is -0.124. The van der Waals surface area contributed by atoms with Crippen molar-refractivity contribution in [2.75, 3.05) is 26.7 Å².